The number of nitro groups is 1. The van der Waals surface area contributed by atoms with Gasteiger partial charge in [-0.1, -0.05) is 35.3 Å². The van der Waals surface area contributed by atoms with Crippen LogP contribution in [-0.4, -0.2) is 28.8 Å². The number of methoxy groups -OCH3 is 1. The van der Waals surface area contributed by atoms with E-state index in [1.54, 1.807) is 36.4 Å². The van der Waals surface area contributed by atoms with Crippen LogP contribution in [0, 0.1) is 10.1 Å². The highest BCUT2D eigenvalue weighted by Crippen LogP contribution is 2.45. The summed E-state index contributed by atoms with van der Waals surface area (Å²) >= 11 is 12.1. The van der Waals surface area contributed by atoms with E-state index >= 15 is 0 Å². The van der Waals surface area contributed by atoms with Crippen LogP contribution in [0.3, 0.4) is 0 Å². The Morgan fingerprint density at radius 2 is 1.76 bits per heavy atom. The van der Waals surface area contributed by atoms with Gasteiger partial charge in [0.05, 0.1) is 30.7 Å². The predicted octanol–water partition coefficient (Wildman–Crippen LogP) is 4.92. The van der Waals surface area contributed by atoms with E-state index in [-0.39, 0.29) is 28.4 Å². The van der Waals surface area contributed by atoms with Crippen molar-refractivity contribution >= 4 is 46.3 Å². The first-order chi connectivity index (χ1) is 16.1. The maximum atomic E-state index is 13.4. The second-order valence-electron chi connectivity index (χ2n) is 7.78. The van der Waals surface area contributed by atoms with Crippen molar-refractivity contribution in [3.63, 3.8) is 0 Å². The number of aliphatic hydroxyl groups is 1. The minimum absolute atomic E-state index is 0.0107. The number of Topliss-reactive ketones (excluding diaryl/α,β-unsaturated/α-hetero) is 1. The summed E-state index contributed by atoms with van der Waals surface area (Å²) in [7, 11) is 1.28. The summed E-state index contributed by atoms with van der Waals surface area (Å²) in [5.41, 5.74) is -1.26. The summed E-state index contributed by atoms with van der Waals surface area (Å²) in [5, 5.41) is 23.6. The summed E-state index contributed by atoms with van der Waals surface area (Å²) in [6.45, 7) is 0.134. The Morgan fingerprint density at radius 1 is 1.09 bits per heavy atom. The van der Waals surface area contributed by atoms with Gasteiger partial charge in [-0.25, -0.2) is 0 Å². The van der Waals surface area contributed by atoms with Crippen molar-refractivity contribution in [1.82, 2.24) is 0 Å². The molecule has 3 aromatic rings. The van der Waals surface area contributed by atoms with Crippen LogP contribution < -0.4 is 9.64 Å². The lowest BCUT2D eigenvalue weighted by molar-refractivity contribution is -0.385. The molecule has 1 heterocycles. The molecular weight excluding hydrogens is 483 g/mol. The number of carbonyl (C=O) groups is 2. The summed E-state index contributed by atoms with van der Waals surface area (Å²) in [4.78, 5) is 38.6. The van der Waals surface area contributed by atoms with Crippen molar-refractivity contribution in [3.8, 4) is 5.75 Å². The highest BCUT2D eigenvalue weighted by atomic mass is 35.5. The van der Waals surface area contributed by atoms with Crippen LogP contribution in [0.5, 0.6) is 5.75 Å². The highest BCUT2D eigenvalue weighted by molar-refractivity contribution is 6.31. The van der Waals surface area contributed by atoms with Gasteiger partial charge in [-0.3, -0.25) is 19.7 Å². The Hall–Kier alpha value is -3.46. The summed E-state index contributed by atoms with van der Waals surface area (Å²) in [5.74, 6) is -1.36. The molecule has 1 aliphatic heterocycles. The Balaban J connectivity index is 1.70. The van der Waals surface area contributed by atoms with Crippen molar-refractivity contribution < 1.29 is 24.4 Å². The Kier molecular flexibility index (Phi) is 6.31. The molecule has 1 aliphatic rings. The van der Waals surface area contributed by atoms with Crippen LogP contribution in [0.2, 0.25) is 10.0 Å². The molecule has 1 amide bonds. The fourth-order valence-electron chi connectivity index (χ4n) is 3.96. The van der Waals surface area contributed by atoms with Gasteiger partial charge in [-0.2, -0.15) is 0 Å². The molecule has 174 valence electrons. The zero-order chi connectivity index (χ0) is 24.6. The fourth-order valence-corrected chi connectivity index (χ4v) is 4.26. The SMILES string of the molecule is COc1ccc(C(=O)C[C@@]2(O)C(=O)N(Cc3ccc(Cl)cc3)c3ccc(Cl)cc32)cc1[N+](=O)[O-]. The minimum atomic E-state index is -2.20. The molecule has 0 saturated heterocycles. The van der Waals surface area contributed by atoms with Crippen LogP contribution in [0.25, 0.3) is 0 Å². The number of ketones is 1. The lowest BCUT2D eigenvalue weighted by atomic mass is 9.88. The van der Waals surface area contributed by atoms with E-state index in [1.165, 1.54) is 30.2 Å². The van der Waals surface area contributed by atoms with Gasteiger partial charge in [0.15, 0.2) is 17.1 Å². The number of carbonyl (C=O) groups excluding carboxylic acids is 2. The number of rotatable bonds is 7. The zero-order valence-corrected chi connectivity index (χ0v) is 19.3. The van der Waals surface area contributed by atoms with Gasteiger partial charge in [0, 0.05) is 27.2 Å². The van der Waals surface area contributed by atoms with Crippen LogP contribution in [0.4, 0.5) is 11.4 Å². The zero-order valence-electron chi connectivity index (χ0n) is 17.8. The number of ether oxygens (including phenoxy) is 1. The van der Waals surface area contributed by atoms with Crippen LogP contribution in [0.1, 0.15) is 27.9 Å². The van der Waals surface area contributed by atoms with E-state index in [1.807, 2.05) is 0 Å². The second-order valence-corrected chi connectivity index (χ2v) is 8.66. The molecule has 1 N–H and O–H groups in total. The number of amides is 1. The van der Waals surface area contributed by atoms with Crippen molar-refractivity contribution in [2.24, 2.45) is 0 Å². The van der Waals surface area contributed by atoms with Gasteiger partial charge in [0.2, 0.25) is 0 Å². The summed E-state index contributed by atoms with van der Waals surface area (Å²) < 4.78 is 4.96. The second kappa shape index (κ2) is 9.06. The minimum Gasteiger partial charge on any atom is -0.490 e. The molecule has 0 aromatic heterocycles. The van der Waals surface area contributed by atoms with E-state index in [0.717, 1.165) is 11.6 Å². The fraction of sp³-hybridized carbons (Fsp3) is 0.167. The molecule has 0 spiro atoms. The van der Waals surface area contributed by atoms with Gasteiger partial charge >= 0.3 is 5.69 Å². The molecular formula is C24H18Cl2N2O6. The topological polar surface area (TPSA) is 110 Å². The third kappa shape index (κ3) is 4.23. The lowest BCUT2D eigenvalue weighted by Gasteiger charge is -2.23. The largest absolute Gasteiger partial charge is 0.490 e. The van der Waals surface area contributed by atoms with Gasteiger partial charge in [-0.15, -0.1) is 0 Å². The Morgan fingerprint density at radius 3 is 2.41 bits per heavy atom. The number of anilines is 1. The van der Waals surface area contributed by atoms with Gasteiger partial charge in [0.25, 0.3) is 5.91 Å². The average Bonchev–Trinajstić information content (AvgIpc) is 3.01. The molecule has 0 saturated carbocycles. The Bertz CT molecular complexity index is 1310. The van der Waals surface area contributed by atoms with Crippen LogP contribution in [-0.2, 0) is 16.9 Å². The maximum absolute atomic E-state index is 13.4. The average molecular weight is 501 g/mol. The maximum Gasteiger partial charge on any atom is 0.311 e. The molecule has 0 aliphatic carbocycles. The molecule has 1 atom stereocenters. The molecule has 4 rings (SSSR count). The number of halogens is 2. The number of benzene rings is 3. The third-order valence-electron chi connectivity index (χ3n) is 5.66. The molecule has 3 aromatic carbocycles. The first kappa shape index (κ1) is 23.7. The molecule has 0 unspecified atom stereocenters. The molecule has 0 fully saturated rings. The van der Waals surface area contributed by atoms with Crippen molar-refractivity contribution in [2.75, 3.05) is 12.0 Å². The molecule has 10 heteroatoms. The predicted molar refractivity (Wildman–Crippen MR) is 127 cm³/mol. The first-order valence-electron chi connectivity index (χ1n) is 10.1. The van der Waals surface area contributed by atoms with Gasteiger partial charge in [-0.05, 0) is 48.0 Å². The normalized spacial score (nSPS) is 16.9. The van der Waals surface area contributed by atoms with E-state index in [2.05, 4.69) is 0 Å². The molecule has 0 bridgehead atoms. The first-order valence-corrected chi connectivity index (χ1v) is 10.8. The quantitative estimate of drug-likeness (QED) is 0.280. The van der Waals surface area contributed by atoms with Crippen LogP contribution in [0.15, 0.2) is 60.7 Å². The monoisotopic (exact) mass is 500 g/mol. The van der Waals surface area contributed by atoms with Crippen LogP contribution >= 0.6 is 23.2 Å². The standard InChI is InChI=1S/C24H18Cl2N2O6/c1-34-22-9-4-15(10-20(22)28(32)33)21(29)12-24(31)18-11-17(26)7-8-19(18)27(23(24)30)13-14-2-5-16(25)6-3-14/h2-11,31H,12-13H2,1H3/t24-/m0/s1. The highest BCUT2D eigenvalue weighted by Gasteiger charge is 2.51. The number of fused-ring (bicyclic) bond motifs is 1. The van der Waals surface area contributed by atoms with Crippen molar-refractivity contribution in [1.29, 1.82) is 0 Å². The lowest BCUT2D eigenvalue weighted by Crippen LogP contribution is -2.41. The van der Waals surface area contributed by atoms with Gasteiger partial charge in [0.1, 0.15) is 0 Å². The van der Waals surface area contributed by atoms with Gasteiger partial charge < -0.3 is 14.7 Å². The van der Waals surface area contributed by atoms with E-state index in [0.29, 0.717) is 10.7 Å². The number of nitrogens with zero attached hydrogens (tertiary/aromatic N) is 2. The Labute approximate surface area is 204 Å². The summed E-state index contributed by atoms with van der Waals surface area (Å²) in [6, 6.07) is 15.2. The smallest absolute Gasteiger partial charge is 0.311 e. The van der Waals surface area contributed by atoms with E-state index in [9.17, 15) is 24.8 Å². The molecule has 8 nitrogen and oxygen atoms in total. The number of hydrogen-bond acceptors (Lipinski definition) is 6. The van der Waals surface area contributed by atoms with E-state index in [4.69, 9.17) is 27.9 Å². The molecule has 34 heavy (non-hydrogen) atoms. The number of nitro benzene ring substituents is 1. The number of hydrogen-bond donors (Lipinski definition) is 1. The van der Waals surface area contributed by atoms with Crippen molar-refractivity contribution in [2.45, 2.75) is 18.6 Å². The molecule has 0 radical (unpaired) electrons. The van der Waals surface area contributed by atoms with Crippen molar-refractivity contribution in [3.05, 3.63) is 97.5 Å². The summed E-state index contributed by atoms with van der Waals surface area (Å²) in [6.07, 6.45) is -0.625. The van der Waals surface area contributed by atoms with E-state index < -0.39 is 34.3 Å². The third-order valence-corrected chi connectivity index (χ3v) is 6.15.